The minimum atomic E-state index is -0.310. The minimum Gasteiger partial charge on any atom is -0.312 e. The largest absolute Gasteiger partial charge is 0.312 e. The van der Waals surface area contributed by atoms with E-state index in [0.717, 1.165) is 17.8 Å². The van der Waals surface area contributed by atoms with Gasteiger partial charge in [0.2, 0.25) is 0 Å². The van der Waals surface area contributed by atoms with Crippen molar-refractivity contribution in [3.05, 3.63) is 41.6 Å². The smallest absolute Gasteiger partial charge is 0.157 e. The van der Waals surface area contributed by atoms with Crippen LogP contribution in [0.15, 0.2) is 24.5 Å². The maximum absolute atomic E-state index is 13.5. The Labute approximate surface area is 124 Å². The lowest BCUT2D eigenvalue weighted by Crippen LogP contribution is -2.20. The van der Waals surface area contributed by atoms with Gasteiger partial charge in [0.15, 0.2) is 5.82 Å². The molecule has 0 aliphatic heterocycles. The first kappa shape index (κ1) is 14.2. The molecule has 5 heteroatoms. The third-order valence-electron chi connectivity index (χ3n) is 3.60. The molecule has 0 radical (unpaired) electrons. The number of aromatic nitrogens is 3. The summed E-state index contributed by atoms with van der Waals surface area (Å²) in [4.78, 5) is 4.22. The number of nitrogens with one attached hydrogen (secondary N) is 1. The van der Waals surface area contributed by atoms with E-state index in [2.05, 4.69) is 29.2 Å². The Hall–Kier alpha value is -1.75. The second-order valence-corrected chi connectivity index (χ2v) is 6.12. The molecule has 2 heterocycles. The van der Waals surface area contributed by atoms with Crippen molar-refractivity contribution < 1.29 is 4.39 Å². The van der Waals surface area contributed by atoms with E-state index >= 15 is 0 Å². The van der Waals surface area contributed by atoms with Gasteiger partial charge in [-0.15, -0.1) is 0 Å². The highest BCUT2D eigenvalue weighted by atomic mass is 19.1. The molecule has 2 aromatic heterocycles. The van der Waals surface area contributed by atoms with Crippen LogP contribution in [0.1, 0.15) is 43.9 Å². The van der Waals surface area contributed by atoms with Gasteiger partial charge >= 0.3 is 0 Å². The Morgan fingerprint density at radius 3 is 2.95 bits per heavy atom. The number of pyridine rings is 1. The Kier molecular flexibility index (Phi) is 4.01. The van der Waals surface area contributed by atoms with Gasteiger partial charge in [0, 0.05) is 24.2 Å². The Morgan fingerprint density at radius 1 is 1.43 bits per heavy atom. The molecule has 4 nitrogen and oxygen atoms in total. The van der Waals surface area contributed by atoms with Gasteiger partial charge in [0.05, 0.1) is 11.9 Å². The maximum atomic E-state index is 13.5. The van der Waals surface area contributed by atoms with Crippen LogP contribution in [0.5, 0.6) is 0 Å². The van der Waals surface area contributed by atoms with Crippen molar-refractivity contribution in [2.24, 2.45) is 5.92 Å². The Morgan fingerprint density at radius 2 is 2.24 bits per heavy atom. The molecule has 2 aromatic rings. The van der Waals surface area contributed by atoms with E-state index in [1.165, 1.54) is 25.1 Å². The van der Waals surface area contributed by atoms with Crippen LogP contribution >= 0.6 is 0 Å². The third-order valence-corrected chi connectivity index (χ3v) is 3.60. The van der Waals surface area contributed by atoms with E-state index in [4.69, 9.17) is 0 Å². The highest BCUT2D eigenvalue weighted by molar-refractivity contribution is 5.34. The van der Waals surface area contributed by atoms with Crippen LogP contribution in [0.4, 0.5) is 4.39 Å². The molecule has 21 heavy (non-hydrogen) atoms. The van der Waals surface area contributed by atoms with Crippen LogP contribution < -0.4 is 5.32 Å². The molecule has 0 saturated heterocycles. The number of nitrogens with zero attached hydrogens (tertiary/aromatic N) is 3. The van der Waals surface area contributed by atoms with E-state index < -0.39 is 0 Å². The van der Waals surface area contributed by atoms with Crippen LogP contribution in [0.3, 0.4) is 0 Å². The molecule has 0 unspecified atom stereocenters. The summed E-state index contributed by atoms with van der Waals surface area (Å²) in [6.45, 7) is 5.78. The Balaban J connectivity index is 1.82. The van der Waals surface area contributed by atoms with Crippen molar-refractivity contribution in [1.29, 1.82) is 0 Å². The van der Waals surface area contributed by atoms with Gasteiger partial charge in [-0.25, -0.2) is 14.1 Å². The summed E-state index contributed by atoms with van der Waals surface area (Å²) in [7, 11) is 0. The van der Waals surface area contributed by atoms with Crippen LogP contribution in [0.25, 0.3) is 5.82 Å². The van der Waals surface area contributed by atoms with Crippen LogP contribution in [0, 0.1) is 11.7 Å². The fourth-order valence-electron chi connectivity index (χ4n) is 2.36. The van der Waals surface area contributed by atoms with Gasteiger partial charge in [0.25, 0.3) is 0 Å². The van der Waals surface area contributed by atoms with Crippen LogP contribution in [-0.2, 0) is 6.54 Å². The molecule has 0 amide bonds. The molecule has 1 aliphatic rings. The lowest BCUT2D eigenvalue weighted by atomic mass is 10.2. The molecule has 1 saturated carbocycles. The molecule has 0 atom stereocenters. The van der Waals surface area contributed by atoms with Crippen LogP contribution in [0.2, 0.25) is 0 Å². The molecule has 1 N–H and O–H groups in total. The number of rotatable bonds is 6. The summed E-state index contributed by atoms with van der Waals surface area (Å²) in [6, 6.07) is 3.57. The molecule has 3 rings (SSSR count). The van der Waals surface area contributed by atoms with Crippen molar-refractivity contribution in [2.45, 2.75) is 39.2 Å². The minimum absolute atomic E-state index is 0.310. The first-order chi connectivity index (χ1) is 10.1. The van der Waals surface area contributed by atoms with Crippen molar-refractivity contribution in [2.75, 3.05) is 6.54 Å². The van der Waals surface area contributed by atoms with E-state index in [1.807, 2.05) is 12.3 Å². The lowest BCUT2D eigenvalue weighted by molar-refractivity contribution is 0.546. The molecule has 0 aromatic carbocycles. The average Bonchev–Trinajstić information content (AvgIpc) is 3.17. The average molecular weight is 288 g/mol. The maximum Gasteiger partial charge on any atom is 0.157 e. The Bertz CT molecular complexity index is 616. The third kappa shape index (κ3) is 3.47. The topological polar surface area (TPSA) is 42.7 Å². The molecule has 0 spiro atoms. The summed E-state index contributed by atoms with van der Waals surface area (Å²) in [6.07, 6.45) is 5.60. The van der Waals surface area contributed by atoms with Crippen molar-refractivity contribution in [3.8, 4) is 5.82 Å². The van der Waals surface area contributed by atoms with Crippen LogP contribution in [-0.4, -0.2) is 21.3 Å². The van der Waals surface area contributed by atoms with Gasteiger partial charge in [0.1, 0.15) is 5.82 Å². The van der Waals surface area contributed by atoms with E-state index in [0.29, 0.717) is 24.2 Å². The van der Waals surface area contributed by atoms with Gasteiger partial charge < -0.3 is 5.32 Å². The molecule has 112 valence electrons. The van der Waals surface area contributed by atoms with E-state index in [1.54, 1.807) is 4.68 Å². The number of hydrogen-bond acceptors (Lipinski definition) is 3. The molecular weight excluding hydrogens is 267 g/mol. The molecule has 1 aliphatic carbocycles. The predicted octanol–water partition coefficient (Wildman–Crippen LogP) is 3.03. The zero-order valence-corrected chi connectivity index (χ0v) is 12.5. The lowest BCUT2D eigenvalue weighted by Gasteiger charge is -2.11. The summed E-state index contributed by atoms with van der Waals surface area (Å²) >= 11 is 0. The predicted molar refractivity (Wildman–Crippen MR) is 79.8 cm³/mol. The molecule has 0 bridgehead atoms. The first-order valence-corrected chi connectivity index (χ1v) is 7.54. The second-order valence-electron chi connectivity index (χ2n) is 6.12. The van der Waals surface area contributed by atoms with Gasteiger partial charge in [-0.3, -0.25) is 0 Å². The second kappa shape index (κ2) is 5.93. The van der Waals surface area contributed by atoms with Crippen molar-refractivity contribution in [1.82, 2.24) is 20.1 Å². The molecule has 1 fully saturated rings. The van der Waals surface area contributed by atoms with Gasteiger partial charge in [-0.1, -0.05) is 13.8 Å². The zero-order valence-electron chi connectivity index (χ0n) is 12.5. The van der Waals surface area contributed by atoms with Gasteiger partial charge in [-0.05, 0) is 37.4 Å². The molecular formula is C16H21FN4. The normalized spacial score (nSPS) is 14.9. The number of halogens is 1. The summed E-state index contributed by atoms with van der Waals surface area (Å²) in [5.74, 6) is 1.56. The highest BCUT2D eigenvalue weighted by Gasteiger charge is 2.26. The monoisotopic (exact) mass is 288 g/mol. The fraction of sp³-hybridized carbons (Fsp3) is 0.500. The standard InChI is InChI=1S/C16H21FN4/c1-11(2)8-18-9-13-7-14(17)10-19-16(13)21-6-5-15(20-21)12-3-4-12/h5-7,10-12,18H,3-4,8-9H2,1-2H3. The quantitative estimate of drug-likeness (QED) is 0.888. The summed E-state index contributed by atoms with van der Waals surface area (Å²) < 4.78 is 15.2. The van der Waals surface area contributed by atoms with E-state index in [9.17, 15) is 4.39 Å². The highest BCUT2D eigenvalue weighted by Crippen LogP contribution is 2.39. The zero-order chi connectivity index (χ0) is 14.8. The number of hydrogen-bond donors (Lipinski definition) is 1. The van der Waals surface area contributed by atoms with Crippen molar-refractivity contribution >= 4 is 0 Å². The van der Waals surface area contributed by atoms with Gasteiger partial charge in [-0.2, -0.15) is 5.10 Å². The van der Waals surface area contributed by atoms with Crippen molar-refractivity contribution in [3.63, 3.8) is 0 Å². The first-order valence-electron chi connectivity index (χ1n) is 7.54. The summed E-state index contributed by atoms with van der Waals surface area (Å²) in [5, 5.41) is 7.91. The SMILES string of the molecule is CC(C)CNCc1cc(F)cnc1-n1ccc(C2CC2)n1. The van der Waals surface area contributed by atoms with E-state index in [-0.39, 0.29) is 5.82 Å². The fourth-order valence-corrected chi connectivity index (χ4v) is 2.36. The summed E-state index contributed by atoms with van der Waals surface area (Å²) in [5.41, 5.74) is 1.95.